The highest BCUT2D eigenvalue weighted by atomic mass is 32.2. The number of hydrogen-bond acceptors (Lipinski definition) is 4. The average Bonchev–Trinajstić information content (AvgIpc) is 2.40. The van der Waals surface area contributed by atoms with Crippen LogP contribution in [0, 0.1) is 11.3 Å². The third-order valence-corrected chi connectivity index (χ3v) is 5.46. The van der Waals surface area contributed by atoms with Crippen molar-refractivity contribution in [1.29, 1.82) is 0 Å². The second-order valence-electron chi connectivity index (χ2n) is 6.68. The Morgan fingerprint density at radius 3 is 2.48 bits per heavy atom. The Morgan fingerprint density at radius 2 is 1.96 bits per heavy atom. The van der Waals surface area contributed by atoms with Crippen LogP contribution < -0.4 is 0 Å². The van der Waals surface area contributed by atoms with Crippen molar-refractivity contribution in [3.8, 4) is 0 Å². The van der Waals surface area contributed by atoms with Gasteiger partial charge < -0.3 is 4.74 Å². The Labute approximate surface area is 141 Å². The third kappa shape index (κ3) is 3.81. The standard InChI is InChI=1S/C14H17F5O5S/c1-8-5-9-3-2-4-12(6-8,7-9)11(20)24-10(13(15,16)17)14(18,19)25(21,22)23/h5,8,10H,2-4,6-7H2,1H3,(H,21,22,23). The smallest absolute Gasteiger partial charge is 0.432 e. The quantitative estimate of drug-likeness (QED) is 0.343. The van der Waals surface area contributed by atoms with Crippen molar-refractivity contribution in [2.45, 2.75) is 56.6 Å². The number of halogens is 5. The van der Waals surface area contributed by atoms with E-state index in [2.05, 4.69) is 4.74 Å². The molecule has 5 nitrogen and oxygen atoms in total. The van der Waals surface area contributed by atoms with Crippen LogP contribution in [0.3, 0.4) is 0 Å². The number of alkyl halides is 5. The molecule has 11 heteroatoms. The molecule has 2 rings (SSSR count). The Morgan fingerprint density at radius 1 is 1.36 bits per heavy atom. The van der Waals surface area contributed by atoms with Gasteiger partial charge in [-0.25, -0.2) is 0 Å². The van der Waals surface area contributed by atoms with E-state index in [1.54, 1.807) is 6.92 Å². The molecule has 0 heterocycles. The van der Waals surface area contributed by atoms with E-state index in [0.29, 0.717) is 12.8 Å². The molecule has 2 bridgehead atoms. The zero-order chi connectivity index (χ0) is 19.3. The maximum atomic E-state index is 13.6. The number of ether oxygens (including phenoxy) is 1. The van der Waals surface area contributed by atoms with Gasteiger partial charge in [-0.1, -0.05) is 18.6 Å². The molecule has 0 aromatic carbocycles. The lowest BCUT2D eigenvalue weighted by atomic mass is 9.64. The van der Waals surface area contributed by atoms with Crippen molar-refractivity contribution >= 4 is 16.1 Å². The third-order valence-electron chi connectivity index (χ3n) is 4.56. The highest BCUT2D eigenvalue weighted by molar-refractivity contribution is 7.86. The number of esters is 1. The van der Waals surface area contributed by atoms with E-state index in [4.69, 9.17) is 4.55 Å². The number of carbonyl (C=O) groups excluding carboxylic acids is 1. The van der Waals surface area contributed by atoms with Gasteiger partial charge in [0.15, 0.2) is 0 Å². The molecule has 25 heavy (non-hydrogen) atoms. The van der Waals surface area contributed by atoms with Gasteiger partial charge in [-0.2, -0.15) is 30.4 Å². The van der Waals surface area contributed by atoms with Crippen molar-refractivity contribution < 1.29 is 44.5 Å². The van der Waals surface area contributed by atoms with E-state index in [0.717, 1.165) is 5.57 Å². The molecular weight excluding hydrogens is 375 g/mol. The summed E-state index contributed by atoms with van der Waals surface area (Å²) in [5.41, 5.74) is -0.548. The number of fused-ring (bicyclic) bond motifs is 2. The summed E-state index contributed by atoms with van der Waals surface area (Å²) in [6.07, 6.45) is -6.74. The second-order valence-corrected chi connectivity index (χ2v) is 8.18. The molecule has 0 radical (unpaired) electrons. The summed E-state index contributed by atoms with van der Waals surface area (Å²) in [6.45, 7) is 1.74. The summed E-state index contributed by atoms with van der Waals surface area (Å²) in [5, 5.41) is -5.70. The van der Waals surface area contributed by atoms with Gasteiger partial charge in [0.1, 0.15) is 0 Å². The maximum absolute atomic E-state index is 13.6. The fourth-order valence-electron chi connectivity index (χ4n) is 3.61. The maximum Gasteiger partial charge on any atom is 0.432 e. The molecule has 3 atom stereocenters. The van der Waals surface area contributed by atoms with Crippen LogP contribution in [0.15, 0.2) is 11.6 Å². The molecule has 2 aliphatic rings. The summed E-state index contributed by atoms with van der Waals surface area (Å²) in [5.74, 6) is -1.67. The summed E-state index contributed by atoms with van der Waals surface area (Å²) in [6, 6.07) is 0. The zero-order valence-electron chi connectivity index (χ0n) is 13.1. The van der Waals surface area contributed by atoms with E-state index < -0.39 is 39.0 Å². The van der Waals surface area contributed by atoms with Gasteiger partial charge >= 0.3 is 27.5 Å². The number of rotatable bonds is 4. The van der Waals surface area contributed by atoms with Crippen LogP contribution in [0.1, 0.15) is 39.0 Å². The van der Waals surface area contributed by atoms with Gasteiger partial charge in [0.2, 0.25) is 0 Å². The number of allylic oxidation sites excluding steroid dienone is 2. The molecular formula is C14H17F5O5S. The van der Waals surface area contributed by atoms with Crippen molar-refractivity contribution in [2.75, 3.05) is 0 Å². The first kappa shape index (κ1) is 20.1. The average molecular weight is 392 g/mol. The molecule has 1 saturated carbocycles. The Bertz CT molecular complexity index is 684. The summed E-state index contributed by atoms with van der Waals surface area (Å²) in [7, 11) is -6.44. The highest BCUT2D eigenvalue weighted by Crippen LogP contribution is 2.50. The summed E-state index contributed by atoms with van der Waals surface area (Å²) in [4.78, 5) is 12.3. The van der Waals surface area contributed by atoms with E-state index in [1.807, 2.05) is 6.08 Å². The Balaban J connectivity index is 2.34. The predicted molar refractivity (Wildman–Crippen MR) is 75.2 cm³/mol. The molecule has 144 valence electrons. The van der Waals surface area contributed by atoms with Crippen LogP contribution in [0.2, 0.25) is 0 Å². The minimum atomic E-state index is -6.44. The van der Waals surface area contributed by atoms with E-state index in [1.165, 1.54) is 0 Å². The van der Waals surface area contributed by atoms with E-state index in [-0.39, 0.29) is 25.2 Å². The zero-order valence-corrected chi connectivity index (χ0v) is 14.0. The van der Waals surface area contributed by atoms with Crippen LogP contribution in [0.5, 0.6) is 0 Å². The van der Waals surface area contributed by atoms with E-state index in [9.17, 15) is 35.2 Å². The minimum absolute atomic E-state index is 0.0954. The molecule has 1 fully saturated rings. The number of carbonyl (C=O) groups is 1. The van der Waals surface area contributed by atoms with Gasteiger partial charge in [0.05, 0.1) is 5.41 Å². The van der Waals surface area contributed by atoms with E-state index >= 15 is 0 Å². The predicted octanol–water partition coefficient (Wildman–Crippen LogP) is 3.47. The SMILES string of the molecule is CC1C=C2CCCC(C(=O)OC(C(F)(F)F)C(F)(F)S(=O)(=O)O)(C2)C1. The molecule has 0 aliphatic heterocycles. The molecule has 0 amide bonds. The summed E-state index contributed by atoms with van der Waals surface area (Å²) >= 11 is 0. The molecule has 3 unspecified atom stereocenters. The highest BCUT2D eigenvalue weighted by Gasteiger charge is 2.66. The molecule has 0 aromatic rings. The van der Waals surface area contributed by atoms with Crippen molar-refractivity contribution in [3.05, 3.63) is 11.6 Å². The molecule has 2 aliphatic carbocycles. The molecule has 0 saturated heterocycles. The van der Waals surface area contributed by atoms with Gasteiger partial charge in [0.25, 0.3) is 6.10 Å². The van der Waals surface area contributed by atoms with Crippen LogP contribution in [0.25, 0.3) is 0 Å². The lowest BCUT2D eigenvalue weighted by Crippen LogP contribution is -2.54. The first-order valence-corrected chi connectivity index (χ1v) is 8.95. The van der Waals surface area contributed by atoms with Crippen LogP contribution >= 0.6 is 0 Å². The van der Waals surface area contributed by atoms with Crippen LogP contribution in [-0.4, -0.2) is 36.5 Å². The summed E-state index contributed by atoms with van der Waals surface area (Å²) < 4.78 is 99.7. The van der Waals surface area contributed by atoms with Crippen molar-refractivity contribution in [1.82, 2.24) is 0 Å². The lowest BCUT2D eigenvalue weighted by molar-refractivity contribution is -0.263. The lowest BCUT2D eigenvalue weighted by Gasteiger charge is -2.42. The van der Waals surface area contributed by atoms with Gasteiger partial charge in [-0.3, -0.25) is 9.35 Å². The Hall–Kier alpha value is -1.23. The second kappa shape index (κ2) is 6.19. The minimum Gasteiger partial charge on any atom is -0.444 e. The number of hydrogen-bond donors (Lipinski definition) is 1. The molecule has 1 N–H and O–H groups in total. The first-order valence-electron chi connectivity index (χ1n) is 7.51. The van der Waals surface area contributed by atoms with Crippen LogP contribution in [-0.2, 0) is 19.6 Å². The Kier molecular flexibility index (Phi) is 4.97. The topological polar surface area (TPSA) is 80.7 Å². The fourth-order valence-corrected chi connectivity index (χ4v) is 4.06. The van der Waals surface area contributed by atoms with Crippen molar-refractivity contribution in [2.24, 2.45) is 11.3 Å². The largest absolute Gasteiger partial charge is 0.444 e. The fraction of sp³-hybridized carbons (Fsp3) is 0.786. The molecule has 0 spiro atoms. The van der Waals surface area contributed by atoms with Crippen molar-refractivity contribution in [3.63, 3.8) is 0 Å². The molecule has 0 aromatic heterocycles. The van der Waals surface area contributed by atoms with Gasteiger partial charge in [-0.05, 0) is 38.0 Å². The van der Waals surface area contributed by atoms with Gasteiger partial charge in [-0.15, -0.1) is 0 Å². The van der Waals surface area contributed by atoms with Gasteiger partial charge in [0, 0.05) is 0 Å². The monoisotopic (exact) mass is 392 g/mol. The normalized spacial score (nSPS) is 28.9. The van der Waals surface area contributed by atoms with Crippen LogP contribution in [0.4, 0.5) is 22.0 Å². The first-order chi connectivity index (χ1) is 11.2.